The van der Waals surface area contributed by atoms with E-state index in [1.54, 1.807) is 25.1 Å². The number of benzene rings is 1. The molecule has 2 heterocycles. The van der Waals surface area contributed by atoms with Gasteiger partial charge >= 0.3 is 0 Å². The number of sulfonamides is 1. The van der Waals surface area contributed by atoms with Crippen LogP contribution < -0.4 is 15.6 Å². The Kier molecular flexibility index (Phi) is 5.66. The largest absolute Gasteiger partial charge is 0.492 e. The number of anilines is 1. The standard InChI is InChI=1S/C19H20N4O5S/c1-4-28-15-9-8-13(11-16(15)29(26,27)22(2)3)21-18(24)14-12-20-17-7-5-6-10-23(17)19(14)25/h5-12H,4H2,1-3H3,(H,21,24). The third kappa shape index (κ3) is 3.98. The summed E-state index contributed by atoms with van der Waals surface area (Å²) in [6.07, 6.45) is 2.71. The van der Waals surface area contributed by atoms with Gasteiger partial charge in [0.2, 0.25) is 10.0 Å². The summed E-state index contributed by atoms with van der Waals surface area (Å²) >= 11 is 0. The molecule has 0 aliphatic heterocycles. The van der Waals surface area contributed by atoms with Crippen LogP contribution in [0.4, 0.5) is 5.69 Å². The first-order valence-electron chi connectivity index (χ1n) is 8.73. The minimum absolute atomic E-state index is 0.0875. The molecule has 0 saturated carbocycles. The van der Waals surface area contributed by atoms with E-state index in [1.807, 2.05) is 0 Å². The van der Waals surface area contributed by atoms with E-state index in [2.05, 4.69) is 10.3 Å². The number of nitrogens with zero attached hydrogens (tertiary/aromatic N) is 3. The van der Waals surface area contributed by atoms with Gasteiger partial charge in [-0.3, -0.25) is 14.0 Å². The number of carbonyl (C=O) groups excluding carboxylic acids is 1. The second-order valence-corrected chi connectivity index (χ2v) is 8.36. The van der Waals surface area contributed by atoms with Crippen LogP contribution in [0.2, 0.25) is 0 Å². The van der Waals surface area contributed by atoms with Gasteiger partial charge in [0, 0.05) is 32.2 Å². The molecule has 0 radical (unpaired) electrons. The van der Waals surface area contributed by atoms with Crippen molar-refractivity contribution in [1.82, 2.24) is 13.7 Å². The van der Waals surface area contributed by atoms with E-state index < -0.39 is 21.5 Å². The van der Waals surface area contributed by atoms with E-state index in [4.69, 9.17) is 4.74 Å². The third-order valence-electron chi connectivity index (χ3n) is 4.12. The van der Waals surface area contributed by atoms with Crippen LogP contribution >= 0.6 is 0 Å². The van der Waals surface area contributed by atoms with Crippen LogP contribution in [0.1, 0.15) is 17.3 Å². The molecule has 0 atom stereocenters. The van der Waals surface area contributed by atoms with E-state index in [9.17, 15) is 18.0 Å². The molecule has 1 aromatic carbocycles. The zero-order valence-electron chi connectivity index (χ0n) is 16.1. The molecule has 10 heteroatoms. The number of rotatable bonds is 6. The van der Waals surface area contributed by atoms with Crippen molar-refractivity contribution in [2.75, 3.05) is 26.0 Å². The van der Waals surface area contributed by atoms with Gasteiger partial charge in [0.15, 0.2) is 0 Å². The fraction of sp³-hybridized carbons (Fsp3) is 0.211. The van der Waals surface area contributed by atoms with E-state index in [1.165, 1.54) is 49.1 Å². The average molecular weight is 416 g/mol. The highest BCUT2D eigenvalue weighted by Crippen LogP contribution is 2.29. The van der Waals surface area contributed by atoms with E-state index >= 15 is 0 Å². The summed E-state index contributed by atoms with van der Waals surface area (Å²) in [6.45, 7) is 2.02. The molecule has 152 valence electrons. The minimum Gasteiger partial charge on any atom is -0.492 e. The molecule has 1 N–H and O–H groups in total. The third-order valence-corrected chi connectivity index (χ3v) is 5.95. The van der Waals surface area contributed by atoms with Crippen molar-refractivity contribution in [3.05, 3.63) is 64.7 Å². The molecule has 3 rings (SSSR count). The highest BCUT2D eigenvalue weighted by molar-refractivity contribution is 7.89. The van der Waals surface area contributed by atoms with Gasteiger partial charge in [0.25, 0.3) is 11.5 Å². The number of hydrogen-bond acceptors (Lipinski definition) is 6. The Bertz CT molecular complexity index is 1230. The summed E-state index contributed by atoms with van der Waals surface area (Å²) in [5.74, 6) is -0.523. The van der Waals surface area contributed by atoms with Crippen molar-refractivity contribution < 1.29 is 17.9 Å². The molecule has 0 bridgehead atoms. The number of carbonyl (C=O) groups is 1. The number of hydrogen-bond donors (Lipinski definition) is 1. The SMILES string of the molecule is CCOc1ccc(NC(=O)c2cnc3ccccn3c2=O)cc1S(=O)(=O)N(C)C. The van der Waals surface area contributed by atoms with Crippen LogP contribution in [-0.2, 0) is 10.0 Å². The summed E-state index contributed by atoms with van der Waals surface area (Å²) < 4.78 is 32.9. The molecule has 9 nitrogen and oxygen atoms in total. The van der Waals surface area contributed by atoms with Gasteiger partial charge in [-0.1, -0.05) is 6.07 Å². The second-order valence-electron chi connectivity index (χ2n) is 6.24. The molecule has 1 amide bonds. The van der Waals surface area contributed by atoms with Gasteiger partial charge in [0.05, 0.1) is 6.61 Å². The molecule has 0 saturated heterocycles. The van der Waals surface area contributed by atoms with Gasteiger partial charge in [-0.05, 0) is 37.3 Å². The number of nitrogens with one attached hydrogen (secondary N) is 1. The number of ether oxygens (including phenoxy) is 1. The van der Waals surface area contributed by atoms with Gasteiger partial charge < -0.3 is 10.1 Å². The highest BCUT2D eigenvalue weighted by Gasteiger charge is 2.23. The zero-order valence-corrected chi connectivity index (χ0v) is 16.9. The topological polar surface area (TPSA) is 110 Å². The van der Waals surface area contributed by atoms with E-state index in [0.717, 1.165) is 4.31 Å². The average Bonchev–Trinajstić information content (AvgIpc) is 2.69. The van der Waals surface area contributed by atoms with Crippen molar-refractivity contribution in [3.63, 3.8) is 0 Å². The summed E-state index contributed by atoms with van der Waals surface area (Å²) in [5, 5.41) is 2.55. The van der Waals surface area contributed by atoms with Crippen molar-refractivity contribution in [2.24, 2.45) is 0 Å². The maximum Gasteiger partial charge on any atom is 0.270 e. The molecular weight excluding hydrogens is 396 g/mol. The Balaban J connectivity index is 1.99. The molecule has 2 aromatic heterocycles. The van der Waals surface area contributed by atoms with E-state index in [0.29, 0.717) is 5.65 Å². The lowest BCUT2D eigenvalue weighted by molar-refractivity contribution is 0.102. The van der Waals surface area contributed by atoms with Crippen LogP contribution in [0.15, 0.2) is 58.5 Å². The lowest BCUT2D eigenvalue weighted by atomic mass is 10.2. The molecular formula is C19H20N4O5S. The fourth-order valence-corrected chi connectivity index (χ4v) is 3.69. The Hall–Kier alpha value is -3.24. The lowest BCUT2D eigenvalue weighted by Crippen LogP contribution is -2.27. The van der Waals surface area contributed by atoms with Gasteiger partial charge in [-0.2, -0.15) is 0 Å². The molecule has 29 heavy (non-hydrogen) atoms. The predicted molar refractivity (Wildman–Crippen MR) is 108 cm³/mol. The van der Waals surface area contributed by atoms with Crippen LogP contribution in [0.25, 0.3) is 5.65 Å². The van der Waals surface area contributed by atoms with Crippen LogP contribution in [-0.4, -0.2) is 48.7 Å². The Morgan fingerprint density at radius 2 is 2.00 bits per heavy atom. The van der Waals surface area contributed by atoms with Gasteiger partial charge in [-0.25, -0.2) is 17.7 Å². The van der Waals surface area contributed by atoms with Crippen molar-refractivity contribution in [3.8, 4) is 5.75 Å². The van der Waals surface area contributed by atoms with Gasteiger partial charge in [0.1, 0.15) is 21.9 Å². The first-order valence-corrected chi connectivity index (χ1v) is 10.2. The smallest absolute Gasteiger partial charge is 0.270 e. The zero-order chi connectivity index (χ0) is 21.2. The summed E-state index contributed by atoms with van der Waals surface area (Å²) in [7, 11) is -1.01. The lowest BCUT2D eigenvalue weighted by Gasteiger charge is -2.16. The van der Waals surface area contributed by atoms with E-state index in [-0.39, 0.29) is 28.5 Å². The number of aromatic nitrogens is 2. The molecule has 0 fully saturated rings. The molecule has 0 aliphatic rings. The molecule has 0 aliphatic carbocycles. The Morgan fingerprint density at radius 3 is 2.69 bits per heavy atom. The first-order chi connectivity index (χ1) is 13.8. The Labute approximate surface area is 167 Å². The normalized spacial score (nSPS) is 11.6. The van der Waals surface area contributed by atoms with Crippen LogP contribution in [0.3, 0.4) is 0 Å². The molecule has 3 aromatic rings. The number of amides is 1. The summed E-state index contributed by atoms with van der Waals surface area (Å²) in [5.41, 5.74) is -0.0781. The molecule has 0 unspecified atom stereocenters. The Morgan fingerprint density at radius 1 is 1.24 bits per heavy atom. The predicted octanol–water partition coefficient (Wildman–Crippen LogP) is 1.60. The minimum atomic E-state index is -3.81. The van der Waals surface area contributed by atoms with Crippen molar-refractivity contribution >= 4 is 27.3 Å². The van der Waals surface area contributed by atoms with Crippen LogP contribution in [0.5, 0.6) is 5.75 Å². The molecule has 0 spiro atoms. The van der Waals surface area contributed by atoms with Crippen molar-refractivity contribution in [2.45, 2.75) is 11.8 Å². The number of fused-ring (bicyclic) bond motifs is 1. The number of pyridine rings is 1. The highest BCUT2D eigenvalue weighted by atomic mass is 32.2. The quantitative estimate of drug-likeness (QED) is 0.654. The maximum atomic E-state index is 12.6. The fourth-order valence-electron chi connectivity index (χ4n) is 2.64. The van der Waals surface area contributed by atoms with Crippen molar-refractivity contribution in [1.29, 1.82) is 0 Å². The first kappa shape index (κ1) is 20.5. The second kappa shape index (κ2) is 8.02. The van der Waals surface area contributed by atoms with Crippen LogP contribution in [0, 0.1) is 0 Å². The monoisotopic (exact) mass is 416 g/mol. The van der Waals surface area contributed by atoms with Gasteiger partial charge in [-0.15, -0.1) is 0 Å². The summed E-state index contributed by atoms with van der Waals surface area (Å²) in [6, 6.07) is 9.29. The summed E-state index contributed by atoms with van der Waals surface area (Å²) in [4.78, 5) is 29.2. The maximum absolute atomic E-state index is 12.6.